The monoisotopic (exact) mass is 402 g/mol. The molecule has 0 atom stereocenters. The predicted octanol–water partition coefficient (Wildman–Crippen LogP) is 2.59. The topological polar surface area (TPSA) is 99.0 Å². The van der Waals surface area contributed by atoms with Crippen LogP contribution < -0.4 is 11.2 Å². The Morgan fingerprint density at radius 2 is 1.90 bits per heavy atom. The Bertz CT molecular complexity index is 1150. The molecule has 3 rings (SSSR count). The largest absolute Gasteiger partial charge is 0.454 e. The molecule has 0 fully saturated rings. The number of hydrogen-bond donors (Lipinski definition) is 1. The average molecular weight is 402 g/mol. The van der Waals surface area contributed by atoms with Crippen LogP contribution in [0.4, 0.5) is 4.39 Å². The van der Waals surface area contributed by atoms with Gasteiger partial charge in [-0.1, -0.05) is 32.4 Å². The van der Waals surface area contributed by atoms with Gasteiger partial charge in [0.1, 0.15) is 18.2 Å². The Hall–Kier alpha value is -3.23. The molecule has 3 aromatic rings. The first-order valence-electron chi connectivity index (χ1n) is 9.61. The number of fused-ring (bicyclic) bond motifs is 1. The number of aromatic nitrogens is 4. The van der Waals surface area contributed by atoms with Crippen molar-refractivity contribution in [2.75, 3.05) is 0 Å². The van der Waals surface area contributed by atoms with E-state index in [2.05, 4.69) is 9.97 Å². The van der Waals surface area contributed by atoms with Gasteiger partial charge in [0.25, 0.3) is 5.56 Å². The number of nitrogens with one attached hydrogen (secondary N) is 1. The highest BCUT2D eigenvalue weighted by Crippen LogP contribution is 2.15. The maximum Gasteiger partial charge on any atom is 0.341 e. The van der Waals surface area contributed by atoms with E-state index in [-0.39, 0.29) is 23.3 Å². The van der Waals surface area contributed by atoms with Crippen LogP contribution in [0.3, 0.4) is 0 Å². The second-order valence-corrected chi connectivity index (χ2v) is 6.67. The van der Waals surface area contributed by atoms with E-state index in [0.717, 1.165) is 12.8 Å². The molecule has 2 aromatic heterocycles. The first-order valence-corrected chi connectivity index (χ1v) is 9.61. The van der Waals surface area contributed by atoms with Gasteiger partial charge in [0, 0.05) is 13.1 Å². The van der Waals surface area contributed by atoms with Crippen LogP contribution in [0.5, 0.6) is 0 Å². The molecule has 8 nitrogen and oxygen atoms in total. The zero-order valence-electron chi connectivity index (χ0n) is 16.4. The van der Waals surface area contributed by atoms with Crippen LogP contribution in [0.25, 0.3) is 11.2 Å². The Kier molecular flexibility index (Phi) is 6.26. The minimum absolute atomic E-state index is 0.177. The van der Waals surface area contributed by atoms with Gasteiger partial charge in [-0.15, -0.1) is 0 Å². The summed E-state index contributed by atoms with van der Waals surface area (Å²) in [4.78, 5) is 43.7. The first-order chi connectivity index (χ1) is 14.0. The maximum atomic E-state index is 13.8. The molecule has 0 aliphatic heterocycles. The second kappa shape index (κ2) is 8.85. The number of esters is 1. The Labute approximate surface area is 166 Å². The first kappa shape index (κ1) is 20.5. The zero-order chi connectivity index (χ0) is 21.0. The van der Waals surface area contributed by atoms with Crippen molar-refractivity contribution in [2.24, 2.45) is 0 Å². The zero-order valence-corrected chi connectivity index (χ0v) is 16.4. The number of H-pyrrole nitrogens is 1. The van der Waals surface area contributed by atoms with Crippen LogP contribution >= 0.6 is 0 Å². The number of carbonyl (C=O) groups excluding carboxylic acids is 1. The van der Waals surface area contributed by atoms with Crippen molar-refractivity contribution in [2.45, 2.75) is 52.8 Å². The van der Waals surface area contributed by atoms with Crippen molar-refractivity contribution in [3.63, 3.8) is 0 Å². The molecule has 0 radical (unpaired) electrons. The quantitative estimate of drug-likeness (QED) is 0.584. The smallest absolute Gasteiger partial charge is 0.341 e. The fraction of sp³-hybridized carbons (Fsp3) is 0.400. The van der Waals surface area contributed by atoms with Gasteiger partial charge in [0.15, 0.2) is 11.2 Å². The molecule has 2 heterocycles. The van der Waals surface area contributed by atoms with Gasteiger partial charge in [-0.3, -0.25) is 14.3 Å². The van der Waals surface area contributed by atoms with Crippen molar-refractivity contribution in [1.29, 1.82) is 0 Å². The summed E-state index contributed by atoms with van der Waals surface area (Å²) in [5.41, 5.74) is -0.710. The van der Waals surface area contributed by atoms with E-state index in [1.54, 1.807) is 4.57 Å². The van der Waals surface area contributed by atoms with Gasteiger partial charge in [0.05, 0.1) is 5.56 Å². The van der Waals surface area contributed by atoms with Gasteiger partial charge in [-0.2, -0.15) is 0 Å². The number of benzene rings is 1. The molecular weight excluding hydrogens is 379 g/mol. The van der Waals surface area contributed by atoms with Gasteiger partial charge in [-0.25, -0.2) is 19.0 Å². The minimum atomic E-state index is -0.824. The summed E-state index contributed by atoms with van der Waals surface area (Å²) in [5, 5.41) is 0. The molecular formula is C20H23FN4O4. The van der Waals surface area contributed by atoms with Crippen LogP contribution in [0, 0.1) is 5.82 Å². The lowest BCUT2D eigenvalue weighted by Crippen LogP contribution is -2.31. The number of aromatic amines is 1. The van der Waals surface area contributed by atoms with Gasteiger partial charge >= 0.3 is 11.7 Å². The standard InChI is InChI=1S/C20H23FN4O4/c1-3-5-11-25-17-16(18(26)23-20(25)28)24(10-4-2)15(22-17)12-29-19(27)13-8-6-7-9-14(13)21/h6-9H,3-5,10-12H2,1-2H3,(H,23,26,28). The molecule has 0 amide bonds. The minimum Gasteiger partial charge on any atom is -0.454 e. The molecule has 0 saturated carbocycles. The Morgan fingerprint density at radius 3 is 2.59 bits per heavy atom. The van der Waals surface area contributed by atoms with Crippen LogP contribution in [0.1, 0.15) is 49.3 Å². The van der Waals surface area contributed by atoms with Crippen LogP contribution in [0.2, 0.25) is 0 Å². The lowest BCUT2D eigenvalue weighted by atomic mass is 10.2. The van der Waals surface area contributed by atoms with Crippen molar-refractivity contribution in [3.8, 4) is 0 Å². The number of halogens is 1. The Morgan fingerprint density at radius 1 is 1.14 bits per heavy atom. The SMILES string of the molecule is CCCCn1c(=O)[nH]c(=O)c2c1nc(COC(=O)c1ccccc1F)n2CCC. The van der Waals surface area contributed by atoms with Gasteiger partial charge < -0.3 is 9.30 Å². The van der Waals surface area contributed by atoms with Gasteiger partial charge in [-0.05, 0) is 25.0 Å². The number of carbonyl (C=O) groups is 1. The molecule has 0 spiro atoms. The number of rotatable bonds is 8. The molecule has 154 valence electrons. The fourth-order valence-corrected chi connectivity index (χ4v) is 3.15. The van der Waals surface area contributed by atoms with Crippen molar-refractivity contribution in [1.82, 2.24) is 19.1 Å². The number of nitrogens with zero attached hydrogens (tertiary/aromatic N) is 3. The van der Waals surface area contributed by atoms with E-state index in [0.29, 0.717) is 25.3 Å². The Balaban J connectivity index is 2.01. The van der Waals surface area contributed by atoms with E-state index in [4.69, 9.17) is 4.74 Å². The summed E-state index contributed by atoms with van der Waals surface area (Å²) in [6.45, 7) is 4.56. The third-order valence-corrected chi connectivity index (χ3v) is 4.57. The number of unbranched alkanes of at least 4 members (excludes halogenated alkanes) is 1. The third-order valence-electron chi connectivity index (χ3n) is 4.57. The van der Waals surface area contributed by atoms with Crippen LogP contribution in [-0.4, -0.2) is 25.1 Å². The highest BCUT2D eigenvalue weighted by atomic mass is 19.1. The van der Waals surface area contributed by atoms with Crippen LogP contribution in [0.15, 0.2) is 33.9 Å². The predicted molar refractivity (Wildman–Crippen MR) is 105 cm³/mol. The summed E-state index contributed by atoms with van der Waals surface area (Å²) in [5.74, 6) is -1.17. The summed E-state index contributed by atoms with van der Waals surface area (Å²) >= 11 is 0. The maximum absolute atomic E-state index is 13.8. The van der Waals surface area contributed by atoms with Crippen LogP contribution in [-0.2, 0) is 24.4 Å². The molecule has 1 N–H and O–H groups in total. The van der Waals surface area contributed by atoms with Crippen molar-refractivity contribution in [3.05, 3.63) is 62.3 Å². The number of aryl methyl sites for hydroxylation is 2. The molecule has 29 heavy (non-hydrogen) atoms. The highest BCUT2D eigenvalue weighted by Gasteiger charge is 2.20. The lowest BCUT2D eigenvalue weighted by molar-refractivity contribution is 0.0453. The summed E-state index contributed by atoms with van der Waals surface area (Å²) < 4.78 is 22.1. The molecule has 0 unspecified atom stereocenters. The van der Waals surface area contributed by atoms with E-state index in [1.165, 1.54) is 28.8 Å². The number of hydrogen-bond acceptors (Lipinski definition) is 5. The van der Waals surface area contributed by atoms with E-state index in [1.807, 2.05) is 13.8 Å². The molecule has 1 aromatic carbocycles. The molecule has 0 aliphatic rings. The highest BCUT2D eigenvalue weighted by molar-refractivity contribution is 5.89. The number of imidazole rings is 1. The summed E-state index contributed by atoms with van der Waals surface area (Å²) in [7, 11) is 0. The summed E-state index contributed by atoms with van der Waals surface area (Å²) in [6.07, 6.45) is 2.32. The fourth-order valence-electron chi connectivity index (χ4n) is 3.15. The van der Waals surface area contributed by atoms with E-state index in [9.17, 15) is 18.8 Å². The average Bonchev–Trinajstić information content (AvgIpc) is 3.05. The molecule has 9 heteroatoms. The molecule has 0 saturated heterocycles. The second-order valence-electron chi connectivity index (χ2n) is 6.67. The third kappa shape index (κ3) is 4.13. The van der Waals surface area contributed by atoms with E-state index >= 15 is 0 Å². The molecule has 0 aliphatic carbocycles. The normalized spacial score (nSPS) is 11.1. The summed E-state index contributed by atoms with van der Waals surface area (Å²) in [6, 6.07) is 5.53. The molecule has 0 bridgehead atoms. The van der Waals surface area contributed by atoms with Crippen molar-refractivity contribution >= 4 is 17.1 Å². The van der Waals surface area contributed by atoms with E-state index < -0.39 is 23.0 Å². The van der Waals surface area contributed by atoms with Crippen molar-refractivity contribution < 1.29 is 13.9 Å². The number of ether oxygens (including phenoxy) is 1. The van der Waals surface area contributed by atoms with Gasteiger partial charge in [0.2, 0.25) is 0 Å². The lowest BCUT2D eigenvalue weighted by Gasteiger charge is -2.09.